The van der Waals surface area contributed by atoms with E-state index in [0.717, 1.165) is 6.42 Å². The second kappa shape index (κ2) is 21.0. The minimum absolute atomic E-state index is 0. The molecule has 0 aliphatic rings. The molecule has 9 heteroatoms. The van der Waals surface area contributed by atoms with Crippen LogP contribution in [0, 0.1) is 0 Å². The van der Waals surface area contributed by atoms with Gasteiger partial charge in [-0.15, -0.1) is 0 Å². The van der Waals surface area contributed by atoms with Gasteiger partial charge in [0.25, 0.3) is 0 Å². The number of carbonyl (C=O) groups is 2. The average Bonchev–Trinajstić information content (AvgIpc) is 2.02. The molecule has 0 saturated heterocycles. The van der Waals surface area contributed by atoms with Gasteiger partial charge in [-0.05, 0) is 12.8 Å². The first-order valence-corrected chi connectivity index (χ1v) is 5.79. The number of rotatable bonds is 4. The molecule has 7 nitrogen and oxygen atoms in total. The van der Waals surface area contributed by atoms with Crippen LogP contribution in [-0.4, -0.2) is 34.4 Å². The van der Waals surface area contributed by atoms with E-state index in [9.17, 15) is 14.7 Å². The molecule has 1 N–H and O–H groups in total. The fourth-order valence-electron chi connectivity index (χ4n) is 0.418. The van der Waals surface area contributed by atoms with E-state index < -0.39 is 20.2 Å². The Labute approximate surface area is 112 Å². The first-order chi connectivity index (χ1) is 7.27. The Kier molecular flexibility index (Phi) is 31.4. The summed E-state index contributed by atoms with van der Waals surface area (Å²) in [4.78, 5) is 36.1. The second-order valence-corrected chi connectivity index (χ2v) is 3.02. The Morgan fingerprint density at radius 2 is 1.41 bits per heavy atom. The quantitative estimate of drug-likeness (QED) is 0.470. The topological polar surface area (TPSA) is 141 Å². The molecule has 17 heavy (non-hydrogen) atoms. The van der Waals surface area contributed by atoms with Gasteiger partial charge in [0.1, 0.15) is 0 Å². The fourth-order valence-corrected chi connectivity index (χ4v) is 0.418. The van der Waals surface area contributed by atoms with Crippen LogP contribution in [0.2, 0.25) is 0 Å². The van der Waals surface area contributed by atoms with Crippen molar-refractivity contribution in [1.29, 1.82) is 0 Å². The van der Waals surface area contributed by atoms with E-state index in [1.165, 1.54) is 0 Å². The Balaban J connectivity index is -0.0000000741. The van der Waals surface area contributed by atoms with Gasteiger partial charge < -0.3 is 29.4 Å². The Hall–Kier alpha value is -0.378. The summed E-state index contributed by atoms with van der Waals surface area (Å²) in [7, 11) is -3.63. The van der Waals surface area contributed by atoms with Gasteiger partial charge in [0, 0.05) is 12.4 Å². The minimum Gasteiger partial charge on any atom is -0.813 e. The fraction of sp³-hybridized carbons (Fsp3) is 0.750. The molecule has 0 heterocycles. The van der Waals surface area contributed by atoms with Gasteiger partial charge in [-0.1, -0.05) is 28.5 Å². The summed E-state index contributed by atoms with van der Waals surface area (Å²) >= 11 is 0. The maximum Gasteiger partial charge on any atom is 3.00 e. The Morgan fingerprint density at radius 1 is 1.12 bits per heavy atom. The summed E-state index contributed by atoms with van der Waals surface area (Å²) in [6.45, 7) is 3.64. The van der Waals surface area contributed by atoms with Gasteiger partial charge in [-0.25, -0.2) is 0 Å². The van der Waals surface area contributed by atoms with Crippen molar-refractivity contribution in [2.75, 3.05) is 0 Å². The molecule has 0 rings (SSSR count). The molecule has 0 aromatic heterocycles. The molecule has 0 fully saturated rings. The van der Waals surface area contributed by atoms with Crippen LogP contribution in [0.15, 0.2) is 0 Å². The molecular weight excluding hydrogens is 266 g/mol. The normalized spacial score (nSPS) is 7.82. The van der Waals surface area contributed by atoms with Crippen molar-refractivity contribution in [3.8, 4) is 0 Å². The standard InChI is InChI=1S/2C4H8O2.Al.H3O3P/c2*1-2-3-4(5)6;;1-4(2)3/h2*2-3H2,1H3,(H,5,6);;4H,(H2,1,2,3)/q;;+3;/p-3. The molecule has 0 aliphatic heterocycles. The number of carboxylic acid groups (broad SMARTS) is 2. The maximum atomic E-state index is 9.60. The van der Waals surface area contributed by atoms with Crippen molar-refractivity contribution in [3.63, 3.8) is 0 Å². The summed E-state index contributed by atoms with van der Waals surface area (Å²) in [6, 6.07) is 0. The van der Waals surface area contributed by atoms with Crippen molar-refractivity contribution < 1.29 is 34.2 Å². The van der Waals surface area contributed by atoms with Gasteiger partial charge in [-0.2, -0.15) is 0 Å². The third kappa shape index (κ3) is 91.7. The van der Waals surface area contributed by atoms with E-state index in [4.69, 9.17) is 19.5 Å². The monoisotopic (exact) mass is 282 g/mol. The van der Waals surface area contributed by atoms with Crippen LogP contribution in [0.25, 0.3) is 0 Å². The maximum absolute atomic E-state index is 9.60. The number of hydrogen-bond donors (Lipinski definition) is 1. The minimum atomic E-state index is -3.63. The summed E-state index contributed by atoms with van der Waals surface area (Å²) in [5, 5.41) is 17.4. The first-order valence-electron chi connectivity index (χ1n) is 4.57. The van der Waals surface area contributed by atoms with E-state index in [1.807, 2.05) is 6.92 Å². The zero-order valence-electron chi connectivity index (χ0n) is 9.80. The molecule has 98 valence electrons. The molecule has 0 saturated carbocycles. The summed E-state index contributed by atoms with van der Waals surface area (Å²) in [5.74, 6) is -1.67. The average molecular weight is 282 g/mol. The van der Waals surface area contributed by atoms with Crippen molar-refractivity contribution in [3.05, 3.63) is 0 Å². The SMILES string of the molecule is CCCC(=O)O.CCCC(=O)[O-].O=[PH]([O-])[O-].[Al+3]. The first kappa shape index (κ1) is 25.5. The number of carbonyl (C=O) groups excluding carboxylic acids is 1. The predicted molar refractivity (Wildman–Crippen MR) is 57.2 cm³/mol. The van der Waals surface area contributed by atoms with Crippen molar-refractivity contribution in [2.24, 2.45) is 0 Å². The summed E-state index contributed by atoms with van der Waals surface area (Å²) < 4.78 is 8.52. The third-order valence-corrected chi connectivity index (χ3v) is 0.918. The van der Waals surface area contributed by atoms with Crippen molar-refractivity contribution in [2.45, 2.75) is 39.5 Å². The molecule has 0 atom stereocenters. The van der Waals surface area contributed by atoms with Gasteiger partial charge in [-0.3, -0.25) is 4.79 Å². The predicted octanol–water partition coefficient (Wildman–Crippen LogP) is -1.88. The van der Waals surface area contributed by atoms with Crippen LogP contribution >= 0.6 is 8.25 Å². The number of aliphatic carboxylic acids is 2. The summed E-state index contributed by atoms with van der Waals surface area (Å²) in [6.07, 6.45) is 1.87. The second-order valence-electron chi connectivity index (χ2n) is 2.52. The van der Waals surface area contributed by atoms with Crippen molar-refractivity contribution in [1.82, 2.24) is 0 Å². The van der Waals surface area contributed by atoms with E-state index in [0.29, 0.717) is 12.8 Å². The molecule has 0 amide bonds. The van der Waals surface area contributed by atoms with E-state index >= 15 is 0 Å². The Bertz CT molecular complexity index is 190. The van der Waals surface area contributed by atoms with Gasteiger partial charge in [0.15, 0.2) is 0 Å². The van der Waals surface area contributed by atoms with E-state index in [2.05, 4.69) is 0 Å². The molecule has 0 bridgehead atoms. The molecule has 0 radical (unpaired) electrons. The summed E-state index contributed by atoms with van der Waals surface area (Å²) in [5.41, 5.74) is 0. The molecule has 0 aromatic carbocycles. The van der Waals surface area contributed by atoms with Gasteiger partial charge in [0.2, 0.25) is 0 Å². The molecule has 0 spiro atoms. The van der Waals surface area contributed by atoms with Crippen molar-refractivity contribution >= 4 is 37.6 Å². The molecular formula is C8H16AlO7P. The Morgan fingerprint density at radius 3 is 1.41 bits per heavy atom. The van der Waals surface area contributed by atoms with Crippen LogP contribution in [0.3, 0.4) is 0 Å². The molecule has 0 aromatic rings. The number of hydrogen-bond acceptors (Lipinski definition) is 6. The smallest absolute Gasteiger partial charge is 0.813 e. The molecule has 0 unspecified atom stereocenters. The zero-order valence-corrected chi connectivity index (χ0v) is 12.0. The number of carboxylic acids is 2. The van der Waals surface area contributed by atoms with Crippen LogP contribution < -0.4 is 14.9 Å². The van der Waals surface area contributed by atoms with E-state index in [1.54, 1.807) is 6.92 Å². The third-order valence-electron chi connectivity index (χ3n) is 0.918. The van der Waals surface area contributed by atoms with Gasteiger partial charge in [0.05, 0.1) is 0 Å². The molecule has 0 aliphatic carbocycles. The van der Waals surface area contributed by atoms with Crippen LogP contribution in [0.4, 0.5) is 0 Å². The van der Waals surface area contributed by atoms with Crippen LogP contribution in [0.1, 0.15) is 39.5 Å². The van der Waals surface area contributed by atoms with Crippen LogP contribution in [0.5, 0.6) is 0 Å². The van der Waals surface area contributed by atoms with Gasteiger partial charge >= 0.3 is 23.3 Å². The van der Waals surface area contributed by atoms with Crippen LogP contribution in [-0.2, 0) is 14.2 Å². The van der Waals surface area contributed by atoms with E-state index in [-0.39, 0.29) is 23.8 Å². The largest absolute Gasteiger partial charge is 3.00 e. The zero-order chi connectivity index (χ0) is 13.6.